The second-order valence-corrected chi connectivity index (χ2v) is 4.06. The van der Waals surface area contributed by atoms with Gasteiger partial charge in [-0.15, -0.1) is 5.10 Å². The minimum absolute atomic E-state index is 0.0132. The lowest BCUT2D eigenvalue weighted by molar-refractivity contribution is -0.387. The van der Waals surface area contributed by atoms with E-state index < -0.39 is 22.4 Å². The number of aromatic carboxylic acids is 1. The molecule has 0 aliphatic carbocycles. The van der Waals surface area contributed by atoms with Gasteiger partial charge in [0, 0.05) is 18.2 Å². The molecule has 0 bridgehead atoms. The van der Waals surface area contributed by atoms with Crippen molar-refractivity contribution in [3.63, 3.8) is 0 Å². The Labute approximate surface area is 116 Å². The van der Waals surface area contributed by atoms with Crippen LogP contribution in [-0.4, -0.2) is 31.0 Å². The van der Waals surface area contributed by atoms with Crippen molar-refractivity contribution in [3.8, 4) is 0 Å². The van der Waals surface area contributed by atoms with Crippen LogP contribution in [0.5, 0.6) is 0 Å². The Balaban J connectivity index is 2.42. The summed E-state index contributed by atoms with van der Waals surface area (Å²) in [5.41, 5.74) is 4.53. The molecule has 1 aromatic carbocycles. The van der Waals surface area contributed by atoms with Gasteiger partial charge in [0.2, 0.25) is 5.82 Å². The van der Waals surface area contributed by atoms with Crippen LogP contribution < -0.4 is 5.73 Å². The van der Waals surface area contributed by atoms with Gasteiger partial charge in [-0.2, -0.15) is 4.39 Å². The highest BCUT2D eigenvalue weighted by molar-refractivity contribution is 5.86. The smallest absolute Gasteiger partial charge is 0.358 e. The molecule has 0 atom stereocenters. The number of hydrogen-bond acceptors (Lipinski definition) is 6. The number of nitro groups is 1. The van der Waals surface area contributed by atoms with Crippen molar-refractivity contribution in [3.05, 3.63) is 51.1 Å². The van der Waals surface area contributed by atoms with E-state index in [9.17, 15) is 19.3 Å². The first-order valence-electron chi connectivity index (χ1n) is 5.73. The van der Waals surface area contributed by atoms with E-state index in [1.165, 1.54) is 12.1 Å². The number of benzene rings is 1. The average Bonchev–Trinajstić information content (AvgIpc) is 2.83. The molecule has 0 aliphatic rings. The Bertz CT molecular complexity index is 715. The van der Waals surface area contributed by atoms with Crippen LogP contribution in [0.3, 0.4) is 0 Å². The van der Waals surface area contributed by atoms with Gasteiger partial charge >= 0.3 is 11.7 Å². The number of halogens is 1. The molecule has 3 N–H and O–H groups in total. The first-order chi connectivity index (χ1) is 9.95. The average molecular weight is 295 g/mol. The first-order valence-corrected chi connectivity index (χ1v) is 5.73. The van der Waals surface area contributed by atoms with E-state index in [2.05, 4.69) is 10.3 Å². The maximum absolute atomic E-state index is 14.0. The number of nitrogens with two attached hydrogens (primary N) is 1. The molecule has 10 heteroatoms. The quantitative estimate of drug-likeness (QED) is 0.606. The first kappa shape index (κ1) is 14.5. The third-order valence-corrected chi connectivity index (χ3v) is 2.81. The highest BCUT2D eigenvalue weighted by Gasteiger charge is 2.21. The maximum Gasteiger partial charge on any atom is 0.358 e. The number of hydrogen-bond donors (Lipinski definition) is 2. The van der Waals surface area contributed by atoms with Gasteiger partial charge in [-0.05, 0) is 0 Å². The number of nitro benzene ring substituents is 1. The van der Waals surface area contributed by atoms with E-state index in [0.717, 1.165) is 10.7 Å². The summed E-state index contributed by atoms with van der Waals surface area (Å²) < 4.78 is 15.1. The monoisotopic (exact) mass is 295 g/mol. The van der Waals surface area contributed by atoms with E-state index in [-0.39, 0.29) is 30.0 Å². The number of carboxylic acid groups (broad SMARTS) is 1. The maximum atomic E-state index is 14.0. The molecule has 0 saturated carbocycles. The van der Waals surface area contributed by atoms with Crippen LogP contribution in [0.15, 0.2) is 18.2 Å². The third-order valence-electron chi connectivity index (χ3n) is 2.81. The predicted octanol–water partition coefficient (Wildman–Crippen LogP) is 0.531. The van der Waals surface area contributed by atoms with Crippen LogP contribution in [0.1, 0.15) is 21.7 Å². The Kier molecular flexibility index (Phi) is 3.89. The van der Waals surface area contributed by atoms with Crippen molar-refractivity contribution in [2.24, 2.45) is 5.73 Å². The molecule has 0 fully saturated rings. The zero-order valence-corrected chi connectivity index (χ0v) is 10.6. The molecule has 1 aromatic heterocycles. The van der Waals surface area contributed by atoms with Gasteiger partial charge in [0.15, 0.2) is 5.69 Å². The molecule has 0 saturated heterocycles. The zero-order valence-electron chi connectivity index (χ0n) is 10.6. The summed E-state index contributed by atoms with van der Waals surface area (Å²) in [5, 5.41) is 26.6. The van der Waals surface area contributed by atoms with E-state index >= 15 is 0 Å². The molecule has 110 valence electrons. The summed E-state index contributed by atoms with van der Waals surface area (Å²) in [6.45, 7) is -0.370. The van der Waals surface area contributed by atoms with Gasteiger partial charge in [-0.3, -0.25) is 10.1 Å². The molecule has 0 spiro atoms. The predicted molar refractivity (Wildman–Crippen MR) is 67.0 cm³/mol. The van der Waals surface area contributed by atoms with E-state index in [1.807, 2.05) is 0 Å². The topological polar surface area (TPSA) is 137 Å². The number of aromatic nitrogens is 3. The fourth-order valence-electron chi connectivity index (χ4n) is 1.82. The van der Waals surface area contributed by atoms with E-state index in [4.69, 9.17) is 10.8 Å². The van der Waals surface area contributed by atoms with Gasteiger partial charge in [-0.1, -0.05) is 17.3 Å². The van der Waals surface area contributed by atoms with Gasteiger partial charge in [0.1, 0.15) is 0 Å². The largest absolute Gasteiger partial charge is 0.476 e. The summed E-state index contributed by atoms with van der Waals surface area (Å²) in [6.07, 6.45) is 0. The van der Waals surface area contributed by atoms with Crippen molar-refractivity contribution in [1.82, 2.24) is 15.0 Å². The lowest BCUT2D eigenvalue weighted by Gasteiger charge is -2.06. The van der Waals surface area contributed by atoms with Crippen LogP contribution in [0, 0.1) is 15.9 Å². The summed E-state index contributed by atoms with van der Waals surface area (Å²) in [7, 11) is 0. The summed E-state index contributed by atoms with van der Waals surface area (Å²) in [6, 6.07) is 3.70. The number of carboxylic acids is 1. The van der Waals surface area contributed by atoms with Gasteiger partial charge < -0.3 is 10.8 Å². The normalized spacial score (nSPS) is 10.6. The van der Waals surface area contributed by atoms with Crippen molar-refractivity contribution in [2.75, 3.05) is 0 Å². The van der Waals surface area contributed by atoms with Gasteiger partial charge in [-0.25, -0.2) is 9.48 Å². The molecule has 0 radical (unpaired) electrons. The zero-order chi connectivity index (χ0) is 15.6. The molecule has 0 unspecified atom stereocenters. The molecule has 0 amide bonds. The number of nitrogens with zero attached hydrogens (tertiary/aromatic N) is 4. The molecule has 2 rings (SSSR count). The van der Waals surface area contributed by atoms with Crippen LogP contribution >= 0.6 is 0 Å². The summed E-state index contributed by atoms with van der Waals surface area (Å²) in [4.78, 5) is 20.8. The molecule has 21 heavy (non-hydrogen) atoms. The van der Waals surface area contributed by atoms with Gasteiger partial charge in [0.25, 0.3) is 0 Å². The van der Waals surface area contributed by atoms with Crippen molar-refractivity contribution in [1.29, 1.82) is 0 Å². The number of carbonyl (C=O) groups is 1. The lowest BCUT2D eigenvalue weighted by Crippen LogP contribution is -2.14. The molecule has 2 aromatic rings. The van der Waals surface area contributed by atoms with Crippen molar-refractivity contribution >= 4 is 11.7 Å². The molecule has 1 heterocycles. The fraction of sp³-hybridized carbons (Fsp3) is 0.182. The highest BCUT2D eigenvalue weighted by Crippen LogP contribution is 2.21. The van der Waals surface area contributed by atoms with Crippen molar-refractivity contribution < 1.29 is 19.2 Å². The Morgan fingerprint density at radius 3 is 2.81 bits per heavy atom. The Morgan fingerprint density at radius 1 is 1.52 bits per heavy atom. The SMILES string of the molecule is NCc1c(C(=O)O)nnn1Cc1cccc([N+](=O)[O-])c1F. The Hall–Kier alpha value is -2.88. The second kappa shape index (κ2) is 5.63. The highest BCUT2D eigenvalue weighted by atomic mass is 19.1. The van der Waals surface area contributed by atoms with Crippen LogP contribution in [0.4, 0.5) is 10.1 Å². The minimum Gasteiger partial charge on any atom is -0.476 e. The molecular formula is C11H10FN5O4. The van der Waals surface area contributed by atoms with Gasteiger partial charge in [0.05, 0.1) is 17.2 Å². The second-order valence-electron chi connectivity index (χ2n) is 4.06. The standard InChI is InChI=1S/C11H10FN5O4/c12-9-6(2-1-3-7(9)17(20)21)5-16-8(4-13)10(11(18)19)14-15-16/h1-3H,4-5,13H2,(H,18,19). The molecule has 0 aliphatic heterocycles. The summed E-state index contributed by atoms with van der Waals surface area (Å²) in [5.74, 6) is -2.31. The summed E-state index contributed by atoms with van der Waals surface area (Å²) >= 11 is 0. The van der Waals surface area contributed by atoms with Crippen LogP contribution in [0.25, 0.3) is 0 Å². The van der Waals surface area contributed by atoms with E-state index in [1.54, 1.807) is 0 Å². The molecular weight excluding hydrogens is 285 g/mol. The third kappa shape index (κ3) is 2.69. The molecule has 9 nitrogen and oxygen atoms in total. The Morgan fingerprint density at radius 2 is 2.24 bits per heavy atom. The van der Waals surface area contributed by atoms with Crippen LogP contribution in [-0.2, 0) is 13.1 Å². The minimum atomic E-state index is -1.30. The van der Waals surface area contributed by atoms with Crippen LogP contribution in [0.2, 0.25) is 0 Å². The number of rotatable bonds is 5. The fourth-order valence-corrected chi connectivity index (χ4v) is 1.82. The lowest BCUT2D eigenvalue weighted by atomic mass is 10.2. The van der Waals surface area contributed by atoms with Crippen molar-refractivity contribution in [2.45, 2.75) is 13.1 Å². The van der Waals surface area contributed by atoms with E-state index in [0.29, 0.717) is 0 Å².